The summed E-state index contributed by atoms with van der Waals surface area (Å²) in [5.74, 6) is -0.635. The van der Waals surface area contributed by atoms with E-state index in [-0.39, 0.29) is 29.9 Å². The van der Waals surface area contributed by atoms with Gasteiger partial charge in [-0.25, -0.2) is 8.42 Å². The molecule has 2 aromatic rings. The Morgan fingerprint density at radius 3 is 2.44 bits per heavy atom. The van der Waals surface area contributed by atoms with Crippen molar-refractivity contribution in [2.24, 2.45) is 0 Å². The van der Waals surface area contributed by atoms with Crippen LogP contribution in [-0.4, -0.2) is 50.6 Å². The van der Waals surface area contributed by atoms with E-state index < -0.39 is 15.9 Å². The minimum Gasteiger partial charge on any atom is -0.369 e. The first-order chi connectivity index (χ1) is 12.8. The largest absolute Gasteiger partial charge is 0.369 e. The van der Waals surface area contributed by atoms with E-state index in [9.17, 15) is 18.0 Å². The highest BCUT2D eigenvalue weighted by molar-refractivity contribution is 7.90. The predicted octanol–water partition coefficient (Wildman–Crippen LogP) is 1.46. The van der Waals surface area contributed by atoms with Crippen molar-refractivity contribution in [3.8, 4) is 0 Å². The zero-order valence-electron chi connectivity index (χ0n) is 14.8. The first-order valence-corrected chi connectivity index (χ1v) is 10.3. The highest BCUT2D eigenvalue weighted by Crippen LogP contribution is 2.18. The second kappa shape index (κ2) is 7.89. The van der Waals surface area contributed by atoms with Crippen LogP contribution in [0, 0.1) is 0 Å². The molecular weight excluding hydrogens is 368 g/mol. The fourth-order valence-electron chi connectivity index (χ4n) is 2.81. The second-order valence-corrected chi connectivity index (χ2v) is 8.34. The van der Waals surface area contributed by atoms with Gasteiger partial charge in [-0.15, -0.1) is 0 Å². The van der Waals surface area contributed by atoms with Crippen LogP contribution in [0.5, 0.6) is 0 Å². The standard InChI is InChI=1S/C19H20N2O5S/c1-27(24,25)16-9-7-15(8-10-16)20-19(23)17-12-26-13-18(22)21(17)11-14-5-3-2-4-6-14/h2-10,17H,11-13H2,1H3,(H,20,23)/t17-/m1/s1. The van der Waals surface area contributed by atoms with Crippen LogP contribution >= 0.6 is 0 Å². The number of amides is 2. The number of hydrogen-bond donors (Lipinski definition) is 1. The van der Waals surface area contributed by atoms with E-state index >= 15 is 0 Å². The Hall–Kier alpha value is -2.71. The monoisotopic (exact) mass is 388 g/mol. The average Bonchev–Trinajstić information content (AvgIpc) is 2.64. The van der Waals surface area contributed by atoms with Crippen molar-refractivity contribution in [2.75, 3.05) is 24.8 Å². The van der Waals surface area contributed by atoms with Gasteiger partial charge in [0.05, 0.1) is 11.5 Å². The van der Waals surface area contributed by atoms with Crippen molar-refractivity contribution in [3.05, 3.63) is 60.2 Å². The van der Waals surface area contributed by atoms with Crippen LogP contribution < -0.4 is 5.32 Å². The second-order valence-electron chi connectivity index (χ2n) is 6.32. The number of benzene rings is 2. The molecule has 0 spiro atoms. The quantitative estimate of drug-likeness (QED) is 0.837. The highest BCUT2D eigenvalue weighted by atomic mass is 32.2. The molecule has 0 aliphatic carbocycles. The number of sulfone groups is 1. The van der Waals surface area contributed by atoms with E-state index in [2.05, 4.69) is 5.32 Å². The highest BCUT2D eigenvalue weighted by Gasteiger charge is 2.34. The van der Waals surface area contributed by atoms with Crippen LogP contribution in [0.1, 0.15) is 5.56 Å². The maximum Gasteiger partial charge on any atom is 0.249 e. The minimum atomic E-state index is -3.30. The molecule has 1 aliphatic heterocycles. The van der Waals surface area contributed by atoms with Gasteiger partial charge in [-0.1, -0.05) is 30.3 Å². The third kappa shape index (κ3) is 4.72. The third-order valence-electron chi connectivity index (χ3n) is 4.25. The van der Waals surface area contributed by atoms with Crippen molar-refractivity contribution >= 4 is 27.3 Å². The maximum atomic E-state index is 12.7. The van der Waals surface area contributed by atoms with Gasteiger partial charge in [0.25, 0.3) is 0 Å². The Labute approximate surface area is 157 Å². The van der Waals surface area contributed by atoms with Gasteiger partial charge >= 0.3 is 0 Å². The molecule has 2 amide bonds. The summed E-state index contributed by atoms with van der Waals surface area (Å²) in [4.78, 5) is 26.6. The third-order valence-corrected chi connectivity index (χ3v) is 5.37. The first-order valence-electron chi connectivity index (χ1n) is 8.37. The van der Waals surface area contributed by atoms with Crippen LogP contribution in [0.3, 0.4) is 0 Å². The molecule has 0 saturated carbocycles. The molecule has 8 heteroatoms. The number of nitrogens with one attached hydrogen (secondary N) is 1. The lowest BCUT2D eigenvalue weighted by Gasteiger charge is -2.34. The normalized spacial score (nSPS) is 17.6. The fourth-order valence-corrected chi connectivity index (χ4v) is 3.44. The number of anilines is 1. The Kier molecular flexibility index (Phi) is 5.57. The molecule has 142 valence electrons. The lowest BCUT2D eigenvalue weighted by molar-refractivity contribution is -0.154. The number of rotatable bonds is 5. The Morgan fingerprint density at radius 2 is 1.81 bits per heavy atom. The van der Waals surface area contributed by atoms with E-state index in [4.69, 9.17) is 4.74 Å². The maximum absolute atomic E-state index is 12.7. The van der Waals surface area contributed by atoms with Crippen molar-refractivity contribution in [1.82, 2.24) is 4.90 Å². The number of morpholine rings is 1. The molecule has 1 N–H and O–H groups in total. The average molecular weight is 388 g/mol. The molecule has 0 radical (unpaired) electrons. The van der Waals surface area contributed by atoms with Gasteiger partial charge in [0.2, 0.25) is 11.8 Å². The summed E-state index contributed by atoms with van der Waals surface area (Å²) in [7, 11) is -3.30. The number of nitrogens with zero attached hydrogens (tertiary/aromatic N) is 1. The lowest BCUT2D eigenvalue weighted by atomic mass is 10.1. The molecule has 0 aromatic heterocycles. The van der Waals surface area contributed by atoms with Gasteiger partial charge in [-0.2, -0.15) is 0 Å². The van der Waals surface area contributed by atoms with Gasteiger partial charge < -0.3 is 15.0 Å². The SMILES string of the molecule is CS(=O)(=O)c1ccc(NC(=O)[C@H]2COCC(=O)N2Cc2ccccc2)cc1. The molecule has 1 fully saturated rings. The van der Waals surface area contributed by atoms with E-state index in [0.29, 0.717) is 12.2 Å². The fraction of sp³-hybridized carbons (Fsp3) is 0.263. The zero-order valence-corrected chi connectivity index (χ0v) is 15.6. The summed E-state index contributed by atoms with van der Waals surface area (Å²) < 4.78 is 28.3. The number of carbonyl (C=O) groups is 2. The molecular formula is C19H20N2O5S. The molecule has 1 heterocycles. The number of ether oxygens (including phenoxy) is 1. The summed E-state index contributed by atoms with van der Waals surface area (Å²) >= 11 is 0. The van der Waals surface area contributed by atoms with E-state index in [0.717, 1.165) is 11.8 Å². The minimum absolute atomic E-state index is 0.0559. The molecule has 27 heavy (non-hydrogen) atoms. The Morgan fingerprint density at radius 1 is 1.15 bits per heavy atom. The Bertz CT molecular complexity index is 926. The zero-order chi connectivity index (χ0) is 19.4. The predicted molar refractivity (Wildman–Crippen MR) is 99.8 cm³/mol. The molecule has 1 saturated heterocycles. The van der Waals surface area contributed by atoms with Crippen molar-refractivity contribution in [1.29, 1.82) is 0 Å². The summed E-state index contributed by atoms with van der Waals surface area (Å²) in [6.45, 7) is 0.361. The van der Waals surface area contributed by atoms with Crippen LogP contribution in [0.15, 0.2) is 59.5 Å². The van der Waals surface area contributed by atoms with Crippen LogP contribution in [0.25, 0.3) is 0 Å². The molecule has 3 rings (SSSR count). The van der Waals surface area contributed by atoms with Crippen LogP contribution in [0.2, 0.25) is 0 Å². The van der Waals surface area contributed by atoms with E-state index in [1.807, 2.05) is 30.3 Å². The van der Waals surface area contributed by atoms with Gasteiger partial charge in [-0.3, -0.25) is 9.59 Å². The molecule has 0 unspecified atom stereocenters. The van der Waals surface area contributed by atoms with E-state index in [1.54, 1.807) is 0 Å². The summed E-state index contributed by atoms with van der Waals surface area (Å²) in [6.07, 6.45) is 1.12. The van der Waals surface area contributed by atoms with Crippen molar-refractivity contribution in [2.45, 2.75) is 17.5 Å². The van der Waals surface area contributed by atoms with Crippen molar-refractivity contribution in [3.63, 3.8) is 0 Å². The van der Waals surface area contributed by atoms with Crippen LogP contribution in [-0.2, 0) is 30.7 Å². The summed E-state index contributed by atoms with van der Waals surface area (Å²) in [6, 6.07) is 14.5. The number of hydrogen-bond acceptors (Lipinski definition) is 5. The topological polar surface area (TPSA) is 92.8 Å². The van der Waals surface area contributed by atoms with Gasteiger partial charge in [0.1, 0.15) is 12.6 Å². The lowest BCUT2D eigenvalue weighted by Crippen LogP contribution is -2.54. The van der Waals surface area contributed by atoms with Gasteiger partial charge in [0.15, 0.2) is 9.84 Å². The summed E-state index contributed by atoms with van der Waals surface area (Å²) in [5, 5.41) is 2.72. The molecule has 1 atom stereocenters. The molecule has 2 aromatic carbocycles. The summed E-state index contributed by atoms with van der Waals surface area (Å²) in [5.41, 5.74) is 1.37. The smallest absolute Gasteiger partial charge is 0.249 e. The van der Waals surface area contributed by atoms with Crippen LogP contribution in [0.4, 0.5) is 5.69 Å². The van der Waals surface area contributed by atoms with Gasteiger partial charge in [-0.05, 0) is 29.8 Å². The molecule has 1 aliphatic rings. The Balaban J connectivity index is 1.74. The molecule has 0 bridgehead atoms. The van der Waals surface area contributed by atoms with E-state index in [1.165, 1.54) is 29.2 Å². The first kappa shape index (κ1) is 19.1. The molecule has 7 nitrogen and oxygen atoms in total. The van der Waals surface area contributed by atoms with Gasteiger partial charge in [0, 0.05) is 18.5 Å². The number of carbonyl (C=O) groups excluding carboxylic acids is 2. The van der Waals surface area contributed by atoms with Crippen molar-refractivity contribution < 1.29 is 22.7 Å².